The summed E-state index contributed by atoms with van der Waals surface area (Å²) in [4.78, 5) is 8.50. The molecule has 6 heteroatoms. The number of nitrogens with one attached hydrogen (secondary N) is 1. The topological polar surface area (TPSA) is 61.0 Å². The van der Waals surface area contributed by atoms with Crippen LogP contribution in [0.5, 0.6) is 5.75 Å². The van der Waals surface area contributed by atoms with Crippen LogP contribution in [0.15, 0.2) is 18.2 Å². The van der Waals surface area contributed by atoms with Gasteiger partial charge in [0, 0.05) is 36.2 Å². The molecule has 6 nitrogen and oxygen atoms in total. The number of H-pyrrole nitrogens is 1. The zero-order valence-corrected chi connectivity index (χ0v) is 15.7. The van der Waals surface area contributed by atoms with Gasteiger partial charge in [-0.2, -0.15) is 0 Å². The van der Waals surface area contributed by atoms with Crippen molar-refractivity contribution in [2.24, 2.45) is 0 Å². The van der Waals surface area contributed by atoms with Crippen molar-refractivity contribution < 1.29 is 14.6 Å². The van der Waals surface area contributed by atoms with E-state index in [1.807, 2.05) is 6.07 Å². The second-order valence-electron chi connectivity index (χ2n) is 7.48. The van der Waals surface area contributed by atoms with E-state index >= 15 is 0 Å². The van der Waals surface area contributed by atoms with Crippen LogP contribution in [0.25, 0.3) is 10.9 Å². The van der Waals surface area contributed by atoms with Crippen LogP contribution in [0.4, 0.5) is 0 Å². The van der Waals surface area contributed by atoms with Crippen LogP contribution in [0.2, 0.25) is 0 Å². The molecule has 2 aliphatic rings. The van der Waals surface area contributed by atoms with Gasteiger partial charge >= 0.3 is 0 Å². The largest absolute Gasteiger partial charge is 0.497 e. The maximum absolute atomic E-state index is 10.1. The number of ether oxygens (including phenoxy) is 2. The number of hydrogen-bond donors (Lipinski definition) is 2. The Kier molecular flexibility index (Phi) is 5.18. The van der Waals surface area contributed by atoms with E-state index in [0.29, 0.717) is 13.2 Å². The first kappa shape index (κ1) is 17.8. The molecule has 0 spiro atoms. The Morgan fingerprint density at radius 3 is 2.88 bits per heavy atom. The van der Waals surface area contributed by atoms with Gasteiger partial charge < -0.3 is 19.6 Å². The Balaban J connectivity index is 1.44. The molecule has 1 aromatic carbocycles. The Morgan fingerprint density at radius 2 is 2.12 bits per heavy atom. The molecule has 0 bridgehead atoms. The van der Waals surface area contributed by atoms with Crippen molar-refractivity contribution in [2.45, 2.75) is 32.0 Å². The smallest absolute Gasteiger partial charge is 0.119 e. The second-order valence-corrected chi connectivity index (χ2v) is 7.48. The minimum Gasteiger partial charge on any atom is -0.497 e. The van der Waals surface area contributed by atoms with Crippen LogP contribution >= 0.6 is 0 Å². The van der Waals surface area contributed by atoms with Crippen molar-refractivity contribution in [3.8, 4) is 5.75 Å². The number of aryl methyl sites for hydroxylation is 1. The molecule has 0 unspecified atom stereocenters. The van der Waals surface area contributed by atoms with Gasteiger partial charge in [-0.15, -0.1) is 0 Å². The molecule has 0 radical (unpaired) electrons. The molecule has 2 fully saturated rings. The lowest BCUT2D eigenvalue weighted by molar-refractivity contribution is 0.0837. The minimum atomic E-state index is -0.340. The summed E-state index contributed by atoms with van der Waals surface area (Å²) < 4.78 is 10.8. The third-order valence-electron chi connectivity index (χ3n) is 5.86. The second kappa shape index (κ2) is 7.56. The van der Waals surface area contributed by atoms with E-state index in [4.69, 9.17) is 9.47 Å². The summed E-state index contributed by atoms with van der Waals surface area (Å²) in [6, 6.07) is 6.37. The normalized spacial score (nSPS) is 25.7. The van der Waals surface area contributed by atoms with Crippen LogP contribution in [0, 0.1) is 6.92 Å². The fraction of sp³-hybridized carbons (Fsp3) is 0.600. The number of aliphatic hydroxyl groups is 1. The molecule has 0 aliphatic carbocycles. The molecule has 0 saturated carbocycles. The highest BCUT2D eigenvalue weighted by molar-refractivity contribution is 5.85. The molecule has 4 rings (SSSR count). The molecule has 2 N–H and O–H groups in total. The van der Waals surface area contributed by atoms with E-state index in [-0.39, 0.29) is 12.1 Å². The first-order valence-electron chi connectivity index (χ1n) is 9.53. The van der Waals surface area contributed by atoms with Gasteiger partial charge in [0.2, 0.25) is 0 Å². The van der Waals surface area contributed by atoms with E-state index < -0.39 is 0 Å². The molecule has 2 atom stereocenters. The monoisotopic (exact) mass is 359 g/mol. The number of benzene rings is 1. The highest BCUT2D eigenvalue weighted by Gasteiger charge is 2.32. The summed E-state index contributed by atoms with van der Waals surface area (Å²) in [6.45, 7) is 8.36. The van der Waals surface area contributed by atoms with Crippen LogP contribution in [-0.4, -0.2) is 78.5 Å². The summed E-state index contributed by atoms with van der Waals surface area (Å²) in [5.74, 6) is 0.897. The van der Waals surface area contributed by atoms with Gasteiger partial charge in [0.1, 0.15) is 5.75 Å². The first-order valence-corrected chi connectivity index (χ1v) is 9.53. The number of nitrogens with zero attached hydrogens (tertiary/aromatic N) is 2. The Morgan fingerprint density at radius 1 is 1.23 bits per heavy atom. The summed E-state index contributed by atoms with van der Waals surface area (Å²) in [6.07, 6.45) is 0.781. The molecule has 2 aromatic rings. The Labute approximate surface area is 154 Å². The Bertz CT molecular complexity index is 760. The predicted octanol–water partition coefficient (Wildman–Crippen LogP) is 1.75. The third kappa shape index (κ3) is 3.47. The number of hydrogen-bond acceptors (Lipinski definition) is 5. The molecule has 142 valence electrons. The fourth-order valence-electron chi connectivity index (χ4n) is 4.23. The lowest BCUT2D eigenvalue weighted by atomic mass is 10.1. The number of aromatic nitrogens is 1. The highest BCUT2D eigenvalue weighted by Crippen LogP contribution is 2.27. The number of aliphatic hydroxyl groups excluding tert-OH is 1. The lowest BCUT2D eigenvalue weighted by Gasteiger charge is -2.28. The van der Waals surface area contributed by atoms with Gasteiger partial charge in [0.05, 0.1) is 32.5 Å². The fourth-order valence-corrected chi connectivity index (χ4v) is 4.23. The lowest BCUT2D eigenvalue weighted by Crippen LogP contribution is -2.44. The molecular weight excluding hydrogens is 330 g/mol. The highest BCUT2D eigenvalue weighted by atomic mass is 16.5. The quantitative estimate of drug-likeness (QED) is 0.871. The van der Waals surface area contributed by atoms with Crippen molar-refractivity contribution in [1.82, 2.24) is 14.8 Å². The predicted molar refractivity (Wildman–Crippen MR) is 102 cm³/mol. The van der Waals surface area contributed by atoms with Crippen LogP contribution in [-0.2, 0) is 11.3 Å². The van der Waals surface area contributed by atoms with Crippen molar-refractivity contribution >= 4 is 10.9 Å². The summed E-state index contributed by atoms with van der Waals surface area (Å²) in [5.41, 5.74) is 3.76. The number of methoxy groups -OCH3 is 1. The van der Waals surface area contributed by atoms with E-state index in [0.717, 1.165) is 44.9 Å². The molecule has 26 heavy (non-hydrogen) atoms. The molecule has 2 aliphatic heterocycles. The SMILES string of the molecule is COc1ccc2[nH]c(CN3CCCN([C@@H]4COC[C@H]4O)CC3)c(C)c2c1. The van der Waals surface area contributed by atoms with E-state index in [9.17, 15) is 5.11 Å². The summed E-state index contributed by atoms with van der Waals surface area (Å²) >= 11 is 0. The standard InChI is InChI=1S/C20H29N3O3/c1-14-16-10-15(25-2)4-5-17(16)21-18(14)11-22-6-3-7-23(9-8-22)19-12-26-13-20(19)24/h4-5,10,19-21,24H,3,6-9,11-13H2,1-2H3/t19-,20-/m1/s1. The molecule has 2 saturated heterocycles. The van der Waals surface area contributed by atoms with Crippen molar-refractivity contribution in [3.63, 3.8) is 0 Å². The number of aromatic amines is 1. The maximum Gasteiger partial charge on any atom is 0.119 e. The van der Waals surface area contributed by atoms with E-state index in [2.05, 4.69) is 33.8 Å². The number of fused-ring (bicyclic) bond motifs is 1. The van der Waals surface area contributed by atoms with Crippen LogP contribution in [0.1, 0.15) is 17.7 Å². The zero-order chi connectivity index (χ0) is 18.1. The third-order valence-corrected chi connectivity index (χ3v) is 5.86. The van der Waals surface area contributed by atoms with Gasteiger partial charge in [-0.1, -0.05) is 0 Å². The van der Waals surface area contributed by atoms with Crippen LogP contribution in [0.3, 0.4) is 0 Å². The van der Waals surface area contributed by atoms with Crippen molar-refractivity contribution in [2.75, 3.05) is 46.5 Å². The molecule has 0 amide bonds. The van der Waals surface area contributed by atoms with Crippen molar-refractivity contribution in [1.29, 1.82) is 0 Å². The minimum absolute atomic E-state index is 0.164. The average Bonchev–Trinajstić information content (AvgIpc) is 3.11. The summed E-state index contributed by atoms with van der Waals surface area (Å²) in [7, 11) is 1.71. The van der Waals surface area contributed by atoms with E-state index in [1.54, 1.807) is 7.11 Å². The van der Waals surface area contributed by atoms with Gasteiger partial charge in [-0.05, 0) is 50.2 Å². The van der Waals surface area contributed by atoms with Crippen molar-refractivity contribution in [3.05, 3.63) is 29.5 Å². The molecular formula is C20H29N3O3. The first-order chi connectivity index (χ1) is 12.7. The summed E-state index contributed by atoms with van der Waals surface area (Å²) in [5, 5.41) is 11.3. The Hall–Kier alpha value is -1.60. The molecule has 1 aromatic heterocycles. The van der Waals surface area contributed by atoms with Crippen LogP contribution < -0.4 is 4.74 Å². The zero-order valence-electron chi connectivity index (χ0n) is 15.7. The van der Waals surface area contributed by atoms with Gasteiger partial charge in [0.15, 0.2) is 0 Å². The maximum atomic E-state index is 10.1. The van der Waals surface area contributed by atoms with E-state index in [1.165, 1.54) is 22.2 Å². The van der Waals surface area contributed by atoms with Gasteiger partial charge in [0.25, 0.3) is 0 Å². The molecule has 3 heterocycles. The van der Waals surface area contributed by atoms with Gasteiger partial charge in [-0.25, -0.2) is 0 Å². The number of rotatable bonds is 4. The van der Waals surface area contributed by atoms with Gasteiger partial charge in [-0.3, -0.25) is 9.80 Å². The average molecular weight is 359 g/mol.